The topological polar surface area (TPSA) is 44.6 Å². The van der Waals surface area contributed by atoms with E-state index in [4.69, 9.17) is 4.99 Å². The Morgan fingerprint density at radius 3 is 2.33 bits per heavy atom. The maximum Gasteiger partial charge on any atom is 0.115 e. The van der Waals surface area contributed by atoms with Gasteiger partial charge in [-0.25, -0.2) is 0 Å². The van der Waals surface area contributed by atoms with Gasteiger partial charge in [-0.2, -0.15) is 0 Å². The van der Waals surface area contributed by atoms with Crippen LogP contribution in [-0.4, -0.2) is 10.8 Å². The number of hydrogen-bond acceptors (Lipinski definition) is 3. The van der Waals surface area contributed by atoms with Crippen LogP contribution in [-0.2, 0) is 0 Å². The van der Waals surface area contributed by atoms with Crippen LogP contribution in [0, 0.1) is 0 Å². The number of hydrogen-bond donors (Lipinski definition) is 2. The van der Waals surface area contributed by atoms with Gasteiger partial charge in [0, 0.05) is 6.42 Å². The molecule has 3 heteroatoms. The van der Waals surface area contributed by atoms with E-state index in [2.05, 4.69) is 35.6 Å². The molecule has 3 aromatic rings. The number of aliphatic imine (C=N–C) groups is 1. The lowest BCUT2D eigenvalue weighted by Gasteiger charge is -2.19. The molecular formula is C21H18N2O. The number of nitrogens with zero attached hydrogens (tertiary/aromatic N) is 1. The fourth-order valence-electron chi connectivity index (χ4n) is 3.04. The van der Waals surface area contributed by atoms with E-state index in [0.717, 1.165) is 29.1 Å². The van der Waals surface area contributed by atoms with Gasteiger partial charge in [0.25, 0.3) is 0 Å². The molecule has 118 valence electrons. The molecule has 0 unspecified atom stereocenters. The molecule has 3 aromatic carbocycles. The number of benzene rings is 3. The van der Waals surface area contributed by atoms with Crippen LogP contribution in [0.1, 0.15) is 23.6 Å². The monoisotopic (exact) mass is 314 g/mol. The minimum absolute atomic E-state index is 0.155. The van der Waals surface area contributed by atoms with Gasteiger partial charge in [0.05, 0.1) is 23.1 Å². The number of aromatic hydroxyl groups is 1. The van der Waals surface area contributed by atoms with Crippen molar-refractivity contribution in [3.05, 3.63) is 90.0 Å². The maximum absolute atomic E-state index is 9.55. The SMILES string of the molecule is Oc1ccc(C2=Nc3ccccc3N[C@@H](c3ccccc3)C2)cc1. The van der Waals surface area contributed by atoms with Gasteiger partial charge in [-0.3, -0.25) is 4.99 Å². The molecule has 0 saturated carbocycles. The zero-order chi connectivity index (χ0) is 16.4. The smallest absolute Gasteiger partial charge is 0.115 e. The summed E-state index contributed by atoms with van der Waals surface area (Å²) in [5, 5.41) is 13.2. The fourth-order valence-corrected chi connectivity index (χ4v) is 3.04. The summed E-state index contributed by atoms with van der Waals surface area (Å²) in [7, 11) is 0. The van der Waals surface area contributed by atoms with Gasteiger partial charge < -0.3 is 10.4 Å². The molecule has 0 amide bonds. The lowest BCUT2D eigenvalue weighted by atomic mass is 9.97. The van der Waals surface area contributed by atoms with Crippen molar-refractivity contribution in [2.75, 3.05) is 5.32 Å². The minimum atomic E-state index is 0.155. The van der Waals surface area contributed by atoms with E-state index < -0.39 is 0 Å². The van der Waals surface area contributed by atoms with Crippen molar-refractivity contribution in [3.63, 3.8) is 0 Å². The van der Waals surface area contributed by atoms with E-state index in [9.17, 15) is 5.11 Å². The van der Waals surface area contributed by atoms with Crippen LogP contribution in [0.25, 0.3) is 0 Å². The average molecular weight is 314 g/mol. The molecule has 0 aliphatic carbocycles. The first-order valence-corrected chi connectivity index (χ1v) is 8.07. The van der Waals surface area contributed by atoms with E-state index in [1.54, 1.807) is 12.1 Å². The molecule has 0 radical (unpaired) electrons. The highest BCUT2D eigenvalue weighted by molar-refractivity contribution is 6.04. The third-order valence-corrected chi connectivity index (χ3v) is 4.29. The van der Waals surface area contributed by atoms with E-state index in [1.807, 2.05) is 36.4 Å². The Bertz CT molecular complexity index is 870. The molecule has 0 spiro atoms. The Labute approximate surface area is 141 Å². The van der Waals surface area contributed by atoms with Crippen LogP contribution in [0.5, 0.6) is 5.75 Å². The quantitative estimate of drug-likeness (QED) is 0.693. The summed E-state index contributed by atoms with van der Waals surface area (Å²) >= 11 is 0. The second kappa shape index (κ2) is 6.20. The number of phenolic OH excluding ortho intramolecular Hbond substituents is 1. The molecule has 1 heterocycles. The van der Waals surface area contributed by atoms with E-state index in [1.165, 1.54) is 5.56 Å². The van der Waals surface area contributed by atoms with Crippen molar-refractivity contribution < 1.29 is 5.11 Å². The van der Waals surface area contributed by atoms with Crippen molar-refractivity contribution in [2.24, 2.45) is 4.99 Å². The van der Waals surface area contributed by atoms with Crippen LogP contribution < -0.4 is 5.32 Å². The highest BCUT2D eigenvalue weighted by Crippen LogP contribution is 2.35. The predicted octanol–water partition coefficient (Wildman–Crippen LogP) is 5.07. The number of rotatable bonds is 2. The summed E-state index contributed by atoms with van der Waals surface area (Å²) in [5.74, 6) is 0.270. The van der Waals surface area contributed by atoms with Crippen LogP contribution in [0.2, 0.25) is 0 Å². The third-order valence-electron chi connectivity index (χ3n) is 4.29. The van der Waals surface area contributed by atoms with Crippen LogP contribution in [0.3, 0.4) is 0 Å². The first-order chi connectivity index (χ1) is 11.8. The van der Waals surface area contributed by atoms with Crippen molar-refractivity contribution in [1.82, 2.24) is 0 Å². The standard InChI is InChI=1S/C21H18N2O/c24-17-12-10-16(11-13-17)21-14-20(15-6-2-1-3-7-15)22-18-8-4-5-9-19(18)23-21/h1-13,20,22,24H,14H2/t20-/m1/s1. The summed E-state index contributed by atoms with van der Waals surface area (Å²) in [6.45, 7) is 0. The van der Waals surface area contributed by atoms with Crippen molar-refractivity contribution in [2.45, 2.75) is 12.5 Å². The second-order valence-corrected chi connectivity index (χ2v) is 5.93. The van der Waals surface area contributed by atoms with Crippen molar-refractivity contribution >= 4 is 17.1 Å². The second-order valence-electron chi connectivity index (χ2n) is 5.93. The zero-order valence-corrected chi connectivity index (χ0v) is 13.2. The molecule has 24 heavy (non-hydrogen) atoms. The van der Waals surface area contributed by atoms with E-state index in [0.29, 0.717) is 0 Å². The molecular weight excluding hydrogens is 296 g/mol. The molecule has 1 aliphatic rings. The number of fused-ring (bicyclic) bond motifs is 1. The number of phenols is 1. The Morgan fingerprint density at radius 2 is 1.54 bits per heavy atom. The van der Waals surface area contributed by atoms with Crippen LogP contribution in [0.15, 0.2) is 83.9 Å². The molecule has 0 saturated heterocycles. The minimum Gasteiger partial charge on any atom is -0.508 e. The number of anilines is 1. The van der Waals surface area contributed by atoms with Gasteiger partial charge in [0.15, 0.2) is 0 Å². The summed E-state index contributed by atoms with van der Waals surface area (Å²) in [5.41, 5.74) is 5.27. The number of nitrogens with one attached hydrogen (secondary N) is 1. The fraction of sp³-hybridized carbons (Fsp3) is 0.0952. The summed E-state index contributed by atoms with van der Waals surface area (Å²) in [4.78, 5) is 4.89. The van der Waals surface area contributed by atoms with Crippen molar-refractivity contribution in [3.8, 4) is 5.75 Å². The summed E-state index contributed by atoms with van der Waals surface area (Å²) in [6, 6.07) is 26.0. The maximum atomic E-state index is 9.55. The number of para-hydroxylation sites is 2. The first-order valence-electron chi connectivity index (χ1n) is 8.07. The summed E-state index contributed by atoms with van der Waals surface area (Å²) in [6.07, 6.45) is 0.781. The molecule has 0 aromatic heterocycles. The average Bonchev–Trinajstić information content (AvgIpc) is 2.83. The molecule has 1 atom stereocenters. The third kappa shape index (κ3) is 2.88. The zero-order valence-electron chi connectivity index (χ0n) is 13.2. The van der Waals surface area contributed by atoms with Gasteiger partial charge in [0.2, 0.25) is 0 Å². The van der Waals surface area contributed by atoms with E-state index >= 15 is 0 Å². The molecule has 1 aliphatic heterocycles. The molecule has 0 fully saturated rings. The van der Waals surface area contributed by atoms with E-state index in [-0.39, 0.29) is 11.8 Å². The Balaban J connectivity index is 1.80. The normalized spacial score (nSPS) is 16.5. The van der Waals surface area contributed by atoms with Gasteiger partial charge in [-0.05, 0) is 47.5 Å². The lowest BCUT2D eigenvalue weighted by Crippen LogP contribution is -2.14. The molecule has 4 rings (SSSR count). The molecule has 3 nitrogen and oxygen atoms in total. The Kier molecular flexibility index (Phi) is 3.75. The first kappa shape index (κ1) is 14.5. The van der Waals surface area contributed by atoms with Gasteiger partial charge >= 0.3 is 0 Å². The predicted molar refractivity (Wildman–Crippen MR) is 98.2 cm³/mol. The van der Waals surface area contributed by atoms with Crippen LogP contribution >= 0.6 is 0 Å². The Morgan fingerprint density at radius 1 is 0.833 bits per heavy atom. The van der Waals surface area contributed by atoms with Gasteiger partial charge in [-0.15, -0.1) is 0 Å². The molecule has 0 bridgehead atoms. The lowest BCUT2D eigenvalue weighted by molar-refractivity contribution is 0.475. The highest BCUT2D eigenvalue weighted by atomic mass is 16.3. The highest BCUT2D eigenvalue weighted by Gasteiger charge is 2.20. The van der Waals surface area contributed by atoms with Crippen LogP contribution in [0.4, 0.5) is 11.4 Å². The Hall–Kier alpha value is -3.07. The molecule has 2 N–H and O–H groups in total. The summed E-state index contributed by atoms with van der Waals surface area (Å²) < 4.78 is 0. The van der Waals surface area contributed by atoms with Gasteiger partial charge in [0.1, 0.15) is 5.75 Å². The van der Waals surface area contributed by atoms with Crippen molar-refractivity contribution in [1.29, 1.82) is 0 Å². The van der Waals surface area contributed by atoms with Gasteiger partial charge in [-0.1, -0.05) is 42.5 Å². The largest absolute Gasteiger partial charge is 0.508 e.